The molecule has 1 rings (SSSR count). The molecule has 21 heavy (non-hydrogen) atoms. The summed E-state index contributed by atoms with van der Waals surface area (Å²) in [5.74, 6) is 0.254. The van der Waals surface area contributed by atoms with Crippen LogP contribution in [-0.2, 0) is 21.0 Å². The van der Waals surface area contributed by atoms with E-state index in [2.05, 4.69) is 15.2 Å². The van der Waals surface area contributed by atoms with Crippen LogP contribution in [-0.4, -0.2) is 47.0 Å². The maximum atomic E-state index is 11.7. The molecule has 1 aromatic rings. The molecule has 1 N–H and O–H groups in total. The van der Waals surface area contributed by atoms with E-state index >= 15 is 0 Å². The predicted octanol–water partition coefficient (Wildman–Crippen LogP) is 1.48. The first-order valence-electron chi connectivity index (χ1n) is 6.49. The summed E-state index contributed by atoms with van der Waals surface area (Å²) in [7, 11) is 1.29. The van der Waals surface area contributed by atoms with E-state index in [1.165, 1.54) is 7.11 Å². The number of nitrogens with one attached hydrogen (secondary N) is 1. The summed E-state index contributed by atoms with van der Waals surface area (Å²) in [5.41, 5.74) is 1.75. The van der Waals surface area contributed by atoms with Gasteiger partial charge in [0.2, 0.25) is 0 Å². The number of carbonyl (C=O) groups excluding carboxylic acids is 2. The molecule has 0 aromatic carbocycles. The molecule has 1 aromatic heterocycles. The van der Waals surface area contributed by atoms with Gasteiger partial charge in [0.25, 0.3) is 0 Å². The van der Waals surface area contributed by atoms with Crippen molar-refractivity contribution in [2.24, 2.45) is 0 Å². The van der Waals surface area contributed by atoms with Gasteiger partial charge >= 0.3 is 12.1 Å². The fraction of sp³-hybridized carbons (Fsp3) is 0.615. The number of ether oxygens (including phenoxy) is 2. The number of hydrogen-bond donors (Lipinski definition) is 1. The number of esters is 1. The minimum absolute atomic E-state index is 0.00191. The number of carbonyl (C=O) groups is 2. The van der Waals surface area contributed by atoms with Crippen LogP contribution in [0, 0.1) is 13.8 Å². The molecule has 1 amide bonds. The molecule has 0 saturated heterocycles. The summed E-state index contributed by atoms with van der Waals surface area (Å²) in [5, 5.41) is 6.69. The van der Waals surface area contributed by atoms with Crippen molar-refractivity contribution in [1.29, 1.82) is 0 Å². The highest BCUT2D eigenvalue weighted by atomic mass is 32.2. The quantitative estimate of drug-likeness (QED) is 0.767. The lowest BCUT2D eigenvalue weighted by atomic mass is 10.2. The normalized spacial score (nSPS) is 11.8. The summed E-state index contributed by atoms with van der Waals surface area (Å²) < 4.78 is 11.3. The van der Waals surface area contributed by atoms with Crippen LogP contribution in [0.15, 0.2) is 6.07 Å². The van der Waals surface area contributed by atoms with E-state index in [-0.39, 0.29) is 6.73 Å². The van der Waals surface area contributed by atoms with Crippen molar-refractivity contribution in [3.05, 3.63) is 17.5 Å². The van der Waals surface area contributed by atoms with E-state index in [4.69, 9.17) is 4.74 Å². The van der Waals surface area contributed by atoms with Crippen LogP contribution in [0.2, 0.25) is 0 Å². The Morgan fingerprint density at radius 2 is 2.19 bits per heavy atom. The predicted molar refractivity (Wildman–Crippen MR) is 80.1 cm³/mol. The van der Waals surface area contributed by atoms with E-state index in [0.717, 1.165) is 17.1 Å². The molecule has 0 unspecified atom stereocenters. The van der Waals surface area contributed by atoms with Gasteiger partial charge in [0.1, 0.15) is 6.04 Å². The highest BCUT2D eigenvalue weighted by Gasteiger charge is 2.21. The van der Waals surface area contributed by atoms with E-state index < -0.39 is 18.1 Å². The number of alkyl carbamates (subject to hydrolysis) is 1. The van der Waals surface area contributed by atoms with E-state index in [0.29, 0.717) is 6.42 Å². The van der Waals surface area contributed by atoms with Crippen LogP contribution in [0.1, 0.15) is 17.8 Å². The molecule has 0 radical (unpaired) electrons. The molecule has 0 saturated carbocycles. The maximum absolute atomic E-state index is 11.7. The van der Waals surface area contributed by atoms with Crippen molar-refractivity contribution in [1.82, 2.24) is 15.1 Å². The number of rotatable bonds is 7. The van der Waals surface area contributed by atoms with Crippen LogP contribution in [0.5, 0.6) is 0 Å². The molecule has 8 heteroatoms. The lowest BCUT2D eigenvalue weighted by Gasteiger charge is -2.16. The van der Waals surface area contributed by atoms with Gasteiger partial charge in [-0.2, -0.15) is 16.9 Å². The van der Waals surface area contributed by atoms with Crippen molar-refractivity contribution < 1.29 is 19.1 Å². The van der Waals surface area contributed by atoms with Crippen molar-refractivity contribution in [2.75, 3.05) is 19.1 Å². The zero-order chi connectivity index (χ0) is 15.8. The van der Waals surface area contributed by atoms with Crippen LogP contribution < -0.4 is 5.32 Å². The molecule has 0 aliphatic rings. The molecule has 1 heterocycles. The standard InChI is InChI=1S/C13H21N3O4S/c1-9-7-10(2)16(15-9)8-20-13(18)14-11(5-6-21-4)12(17)19-3/h7,11H,5-6,8H2,1-4H3,(H,14,18)/t11-/m0/s1. The summed E-state index contributed by atoms with van der Waals surface area (Å²) in [6.45, 7) is 3.73. The Kier molecular flexibility index (Phi) is 7.07. The first-order chi connectivity index (χ1) is 9.97. The van der Waals surface area contributed by atoms with Crippen molar-refractivity contribution in [3.8, 4) is 0 Å². The van der Waals surface area contributed by atoms with Crippen LogP contribution in [0.4, 0.5) is 4.79 Å². The maximum Gasteiger partial charge on any atom is 0.409 e. The second kappa shape index (κ2) is 8.56. The number of thioether (sulfide) groups is 1. The molecule has 0 fully saturated rings. The fourth-order valence-corrected chi connectivity index (χ4v) is 2.21. The minimum atomic E-state index is -0.699. The second-order valence-corrected chi connectivity index (χ2v) is 5.47. The Hall–Kier alpha value is -1.70. The zero-order valence-electron chi connectivity index (χ0n) is 12.7. The van der Waals surface area contributed by atoms with Gasteiger partial charge < -0.3 is 14.8 Å². The van der Waals surface area contributed by atoms with Gasteiger partial charge in [-0.05, 0) is 38.3 Å². The van der Waals surface area contributed by atoms with Crippen LogP contribution in [0.3, 0.4) is 0 Å². The van der Waals surface area contributed by atoms with Crippen LogP contribution in [0.25, 0.3) is 0 Å². The molecular weight excluding hydrogens is 294 g/mol. The first kappa shape index (κ1) is 17.4. The number of amides is 1. The summed E-state index contributed by atoms with van der Waals surface area (Å²) in [6.07, 6.45) is 1.75. The topological polar surface area (TPSA) is 82.5 Å². The lowest BCUT2D eigenvalue weighted by Crippen LogP contribution is -2.42. The molecule has 7 nitrogen and oxygen atoms in total. The smallest absolute Gasteiger partial charge is 0.409 e. The monoisotopic (exact) mass is 315 g/mol. The Morgan fingerprint density at radius 1 is 1.48 bits per heavy atom. The van der Waals surface area contributed by atoms with Crippen LogP contribution >= 0.6 is 11.8 Å². The van der Waals surface area contributed by atoms with Gasteiger partial charge in [-0.25, -0.2) is 14.3 Å². The molecule has 0 aliphatic carbocycles. The van der Waals surface area contributed by atoms with E-state index in [1.807, 2.05) is 26.2 Å². The third-order valence-electron chi connectivity index (χ3n) is 2.81. The molecule has 0 bridgehead atoms. The Balaban J connectivity index is 2.49. The van der Waals surface area contributed by atoms with Gasteiger partial charge in [-0.15, -0.1) is 0 Å². The van der Waals surface area contributed by atoms with Gasteiger partial charge in [-0.1, -0.05) is 0 Å². The fourth-order valence-electron chi connectivity index (χ4n) is 1.74. The number of nitrogens with zero attached hydrogens (tertiary/aromatic N) is 2. The van der Waals surface area contributed by atoms with Gasteiger partial charge in [0, 0.05) is 5.69 Å². The van der Waals surface area contributed by atoms with Gasteiger partial charge in [0.15, 0.2) is 6.73 Å². The average Bonchev–Trinajstić information content (AvgIpc) is 2.78. The van der Waals surface area contributed by atoms with Crippen molar-refractivity contribution >= 4 is 23.8 Å². The van der Waals surface area contributed by atoms with E-state index in [1.54, 1.807) is 16.4 Å². The third-order valence-corrected chi connectivity index (χ3v) is 3.45. The Labute approximate surface area is 128 Å². The molecule has 0 spiro atoms. The molecule has 1 atom stereocenters. The van der Waals surface area contributed by atoms with Crippen molar-refractivity contribution in [2.45, 2.75) is 33.0 Å². The summed E-state index contributed by atoms with van der Waals surface area (Å²) >= 11 is 1.59. The highest BCUT2D eigenvalue weighted by molar-refractivity contribution is 7.98. The molecule has 118 valence electrons. The second-order valence-electron chi connectivity index (χ2n) is 4.49. The SMILES string of the molecule is COC(=O)[C@H](CCSC)NC(=O)OCn1nc(C)cc1C. The van der Waals surface area contributed by atoms with E-state index in [9.17, 15) is 9.59 Å². The molecular formula is C13H21N3O4S. The minimum Gasteiger partial charge on any atom is -0.467 e. The highest BCUT2D eigenvalue weighted by Crippen LogP contribution is 2.04. The third kappa shape index (κ3) is 5.66. The number of aryl methyl sites for hydroxylation is 2. The number of methoxy groups -OCH3 is 1. The average molecular weight is 315 g/mol. The molecule has 0 aliphatic heterocycles. The number of hydrogen-bond acceptors (Lipinski definition) is 6. The summed E-state index contributed by atoms with van der Waals surface area (Å²) in [6, 6.07) is 1.19. The first-order valence-corrected chi connectivity index (χ1v) is 7.88. The Bertz CT molecular complexity index is 490. The van der Waals surface area contributed by atoms with Crippen molar-refractivity contribution in [3.63, 3.8) is 0 Å². The largest absolute Gasteiger partial charge is 0.467 e. The lowest BCUT2D eigenvalue weighted by molar-refractivity contribution is -0.143. The number of aromatic nitrogens is 2. The Morgan fingerprint density at radius 3 is 2.71 bits per heavy atom. The zero-order valence-corrected chi connectivity index (χ0v) is 13.5. The van der Waals surface area contributed by atoms with Gasteiger partial charge in [0.05, 0.1) is 12.8 Å². The summed E-state index contributed by atoms with van der Waals surface area (Å²) in [4.78, 5) is 23.3. The van der Waals surface area contributed by atoms with Gasteiger partial charge in [-0.3, -0.25) is 0 Å².